The monoisotopic (exact) mass is 362 g/mol. The number of carbonyl (C=O) groups excluding carboxylic acids is 1. The van der Waals surface area contributed by atoms with E-state index >= 15 is 0 Å². The molecule has 1 aromatic carbocycles. The van der Waals surface area contributed by atoms with E-state index in [4.69, 9.17) is 0 Å². The minimum absolute atomic E-state index is 0.00467. The molecule has 7 nitrogen and oxygen atoms in total. The summed E-state index contributed by atoms with van der Waals surface area (Å²) in [5.41, 5.74) is 4.18. The van der Waals surface area contributed by atoms with Gasteiger partial charge in [0.25, 0.3) is 0 Å². The van der Waals surface area contributed by atoms with E-state index in [2.05, 4.69) is 57.5 Å². The summed E-state index contributed by atoms with van der Waals surface area (Å²) in [5.74, 6) is 1.09. The molecule has 7 heteroatoms. The molecule has 0 fully saturated rings. The second-order valence-corrected chi connectivity index (χ2v) is 6.97. The Morgan fingerprint density at radius 3 is 2.96 bits per heavy atom. The lowest BCUT2D eigenvalue weighted by Gasteiger charge is -2.23. The number of nitrogens with zero attached hydrogens (tertiary/aromatic N) is 5. The lowest BCUT2D eigenvalue weighted by atomic mass is 9.97. The van der Waals surface area contributed by atoms with Crippen molar-refractivity contribution in [3.05, 3.63) is 59.3 Å². The molecule has 1 unspecified atom stereocenters. The molecule has 27 heavy (non-hydrogen) atoms. The third kappa shape index (κ3) is 3.45. The van der Waals surface area contributed by atoms with Crippen molar-refractivity contribution in [1.29, 1.82) is 0 Å². The van der Waals surface area contributed by atoms with Gasteiger partial charge in [-0.2, -0.15) is 0 Å². The van der Waals surface area contributed by atoms with Crippen LogP contribution in [0.3, 0.4) is 0 Å². The van der Waals surface area contributed by atoms with Gasteiger partial charge in [-0.05, 0) is 37.8 Å². The minimum atomic E-state index is -0.290. The predicted octanol–water partition coefficient (Wildman–Crippen LogP) is 2.55. The van der Waals surface area contributed by atoms with Crippen LogP contribution < -0.4 is 5.32 Å². The van der Waals surface area contributed by atoms with Gasteiger partial charge < -0.3 is 9.88 Å². The van der Waals surface area contributed by atoms with Crippen molar-refractivity contribution in [3.63, 3.8) is 0 Å². The molecule has 138 valence electrons. The number of fused-ring (bicyclic) bond motifs is 1. The fraction of sp³-hybridized carbons (Fsp3) is 0.350. The summed E-state index contributed by atoms with van der Waals surface area (Å²) in [4.78, 5) is 21.3. The molecule has 3 aromatic rings. The zero-order valence-corrected chi connectivity index (χ0v) is 15.5. The van der Waals surface area contributed by atoms with Crippen molar-refractivity contribution in [1.82, 2.24) is 30.0 Å². The average Bonchev–Trinajstić information content (AvgIpc) is 3.13. The topological polar surface area (TPSA) is 85.6 Å². The third-order valence-corrected chi connectivity index (χ3v) is 5.03. The van der Waals surface area contributed by atoms with E-state index in [1.54, 1.807) is 18.6 Å². The average molecular weight is 362 g/mol. The molecule has 1 amide bonds. The Kier molecular flexibility index (Phi) is 4.66. The first-order valence-corrected chi connectivity index (χ1v) is 9.17. The van der Waals surface area contributed by atoms with Gasteiger partial charge in [0.15, 0.2) is 5.82 Å². The Morgan fingerprint density at radius 1 is 1.26 bits per heavy atom. The first-order chi connectivity index (χ1) is 13.1. The molecule has 0 bridgehead atoms. The van der Waals surface area contributed by atoms with Gasteiger partial charge in [0, 0.05) is 25.5 Å². The van der Waals surface area contributed by atoms with E-state index < -0.39 is 0 Å². The van der Waals surface area contributed by atoms with Crippen LogP contribution >= 0.6 is 0 Å². The maximum Gasteiger partial charge on any atom is 0.231 e. The predicted molar refractivity (Wildman–Crippen MR) is 101 cm³/mol. The second-order valence-electron chi connectivity index (χ2n) is 6.97. The minimum Gasteiger partial charge on any atom is -0.351 e. The van der Waals surface area contributed by atoms with E-state index in [1.807, 2.05) is 4.57 Å². The van der Waals surface area contributed by atoms with Crippen LogP contribution in [-0.4, -0.2) is 30.6 Å². The van der Waals surface area contributed by atoms with Crippen molar-refractivity contribution in [3.8, 4) is 11.5 Å². The van der Waals surface area contributed by atoms with E-state index in [1.165, 1.54) is 11.1 Å². The molecule has 2 aromatic heterocycles. The fourth-order valence-electron chi connectivity index (χ4n) is 3.52. The molecule has 0 aliphatic carbocycles. The van der Waals surface area contributed by atoms with Crippen LogP contribution in [0.5, 0.6) is 0 Å². The van der Waals surface area contributed by atoms with Gasteiger partial charge in [0.2, 0.25) is 5.91 Å². The van der Waals surface area contributed by atoms with Crippen molar-refractivity contribution in [2.24, 2.45) is 0 Å². The van der Waals surface area contributed by atoms with Gasteiger partial charge in [0.05, 0.1) is 12.1 Å². The summed E-state index contributed by atoms with van der Waals surface area (Å²) in [6.07, 6.45) is 6.60. The number of rotatable bonds is 4. The molecular formula is C20H22N6O. The normalized spacial score (nSPS) is 16.0. The lowest BCUT2D eigenvalue weighted by Crippen LogP contribution is -2.33. The molecule has 0 saturated carbocycles. The maximum atomic E-state index is 12.9. The van der Waals surface area contributed by atoms with Crippen LogP contribution in [0.15, 0.2) is 36.8 Å². The van der Waals surface area contributed by atoms with E-state index in [0.29, 0.717) is 23.9 Å². The van der Waals surface area contributed by atoms with Crippen LogP contribution in [0.2, 0.25) is 0 Å². The fourth-order valence-corrected chi connectivity index (χ4v) is 3.52. The molecule has 1 aliphatic heterocycles. The van der Waals surface area contributed by atoms with E-state index in [0.717, 1.165) is 24.9 Å². The first kappa shape index (κ1) is 17.3. The molecular weight excluding hydrogens is 340 g/mol. The van der Waals surface area contributed by atoms with Gasteiger partial charge in [-0.3, -0.25) is 9.78 Å². The summed E-state index contributed by atoms with van der Waals surface area (Å²) in [5, 5.41) is 11.7. The van der Waals surface area contributed by atoms with Crippen molar-refractivity contribution >= 4 is 5.91 Å². The van der Waals surface area contributed by atoms with Gasteiger partial charge in [-0.25, -0.2) is 4.98 Å². The molecule has 1 N–H and O–H groups in total. The summed E-state index contributed by atoms with van der Waals surface area (Å²) in [6.45, 7) is 5.43. The Balaban J connectivity index is 1.53. The highest BCUT2D eigenvalue weighted by atomic mass is 16.1. The number of hydrogen-bond donors (Lipinski definition) is 1. The molecule has 1 aliphatic rings. The Bertz CT molecular complexity index is 966. The van der Waals surface area contributed by atoms with Gasteiger partial charge in [0.1, 0.15) is 11.5 Å². The van der Waals surface area contributed by atoms with E-state index in [-0.39, 0.29) is 11.8 Å². The van der Waals surface area contributed by atoms with Gasteiger partial charge in [-0.1, -0.05) is 23.8 Å². The molecule has 0 radical (unpaired) electrons. The first-order valence-electron chi connectivity index (χ1n) is 9.17. The molecule has 1 atom stereocenters. The van der Waals surface area contributed by atoms with E-state index in [9.17, 15) is 4.79 Å². The second kappa shape index (κ2) is 7.26. The van der Waals surface area contributed by atoms with Crippen LogP contribution in [0.25, 0.3) is 11.5 Å². The third-order valence-electron chi connectivity index (χ3n) is 5.03. The highest BCUT2D eigenvalue weighted by molar-refractivity contribution is 5.83. The summed E-state index contributed by atoms with van der Waals surface area (Å²) in [6, 6.07) is 6.28. The molecule has 0 saturated heterocycles. The highest BCUT2D eigenvalue weighted by Gasteiger charge is 2.31. The molecule has 3 heterocycles. The number of aryl methyl sites for hydroxylation is 2. The summed E-state index contributed by atoms with van der Waals surface area (Å²) < 4.78 is 2.00. The molecule has 0 spiro atoms. The number of carbonyl (C=O) groups is 1. The van der Waals surface area contributed by atoms with Crippen molar-refractivity contribution in [2.75, 3.05) is 0 Å². The zero-order chi connectivity index (χ0) is 18.8. The highest BCUT2D eigenvalue weighted by Crippen LogP contribution is 2.29. The maximum absolute atomic E-state index is 12.9. The number of amides is 1. The summed E-state index contributed by atoms with van der Waals surface area (Å²) in [7, 11) is 0. The van der Waals surface area contributed by atoms with Crippen LogP contribution in [0.1, 0.15) is 41.3 Å². The van der Waals surface area contributed by atoms with Gasteiger partial charge >= 0.3 is 0 Å². The number of benzene rings is 1. The Hall–Kier alpha value is -3.09. The summed E-state index contributed by atoms with van der Waals surface area (Å²) >= 11 is 0. The standard InChI is InChI=1S/C20H22N6O/c1-13-5-6-14(2)15(10-13)11-23-20(27)16-4-3-9-26-18(16)24-25-19(26)17-12-21-7-8-22-17/h5-8,10,12,16H,3-4,9,11H2,1-2H3,(H,23,27). The quantitative estimate of drug-likeness (QED) is 0.771. The Morgan fingerprint density at radius 2 is 2.15 bits per heavy atom. The number of nitrogens with one attached hydrogen (secondary N) is 1. The van der Waals surface area contributed by atoms with Crippen LogP contribution in [0.4, 0.5) is 0 Å². The van der Waals surface area contributed by atoms with Gasteiger partial charge in [-0.15, -0.1) is 10.2 Å². The zero-order valence-electron chi connectivity index (χ0n) is 15.5. The Labute approximate surface area is 157 Å². The number of aromatic nitrogens is 5. The van der Waals surface area contributed by atoms with Crippen LogP contribution in [-0.2, 0) is 17.9 Å². The SMILES string of the molecule is Cc1ccc(C)c(CNC(=O)C2CCCn3c(-c4cnccn4)nnc32)c1. The smallest absolute Gasteiger partial charge is 0.231 e. The molecule has 4 rings (SSSR count). The number of hydrogen-bond acceptors (Lipinski definition) is 5. The van der Waals surface area contributed by atoms with Crippen LogP contribution in [0, 0.1) is 13.8 Å². The van der Waals surface area contributed by atoms with Crippen molar-refractivity contribution < 1.29 is 4.79 Å². The largest absolute Gasteiger partial charge is 0.351 e. The van der Waals surface area contributed by atoms with Crippen molar-refractivity contribution in [2.45, 2.75) is 45.7 Å². The lowest BCUT2D eigenvalue weighted by molar-refractivity contribution is -0.123.